The molecule has 2 nitrogen and oxygen atoms in total. The Morgan fingerprint density at radius 2 is 2.00 bits per heavy atom. The van der Waals surface area contributed by atoms with Crippen LogP contribution in [0.1, 0.15) is 29.6 Å². The quantitative estimate of drug-likeness (QED) is 0.577. The van der Waals surface area contributed by atoms with Gasteiger partial charge in [0.2, 0.25) is 0 Å². The van der Waals surface area contributed by atoms with Crippen LogP contribution in [0.2, 0.25) is 0 Å². The number of unbranched alkanes of at least 4 members (excludes halogenated alkanes) is 1. The molecule has 0 unspecified atom stereocenters. The first-order valence-electron chi connectivity index (χ1n) is 4.73. The van der Waals surface area contributed by atoms with Crippen molar-refractivity contribution in [1.29, 1.82) is 0 Å². The van der Waals surface area contributed by atoms with Gasteiger partial charge >= 0.3 is 0 Å². The maximum Gasteiger partial charge on any atom is 0.165 e. The largest absolute Gasteiger partial charge is 0.330 e. The van der Waals surface area contributed by atoms with Crippen LogP contribution in [-0.4, -0.2) is 12.3 Å². The van der Waals surface area contributed by atoms with Crippen LogP contribution in [0.5, 0.6) is 0 Å². The van der Waals surface area contributed by atoms with Crippen LogP contribution >= 0.6 is 0 Å². The highest BCUT2D eigenvalue weighted by atomic mass is 19.1. The lowest BCUT2D eigenvalue weighted by Crippen LogP contribution is -2.04. The van der Waals surface area contributed by atoms with E-state index in [1.54, 1.807) is 12.1 Å². The SMILES string of the molecule is NCCCCC(=O)c1ccccc1F. The van der Waals surface area contributed by atoms with Crippen molar-refractivity contribution in [2.24, 2.45) is 5.73 Å². The van der Waals surface area contributed by atoms with E-state index in [9.17, 15) is 9.18 Å². The lowest BCUT2D eigenvalue weighted by molar-refractivity contribution is 0.0975. The second kappa shape index (κ2) is 5.50. The number of halogens is 1. The molecule has 0 aromatic heterocycles. The van der Waals surface area contributed by atoms with Gasteiger partial charge in [-0.2, -0.15) is 0 Å². The Kier molecular flexibility index (Phi) is 4.26. The second-order valence-corrected chi connectivity index (χ2v) is 3.15. The highest BCUT2D eigenvalue weighted by Gasteiger charge is 2.09. The second-order valence-electron chi connectivity index (χ2n) is 3.15. The molecule has 1 aromatic rings. The van der Waals surface area contributed by atoms with E-state index < -0.39 is 5.82 Å². The van der Waals surface area contributed by atoms with Gasteiger partial charge in [0.1, 0.15) is 5.82 Å². The summed E-state index contributed by atoms with van der Waals surface area (Å²) in [4.78, 5) is 11.5. The van der Waals surface area contributed by atoms with Gasteiger partial charge in [-0.15, -0.1) is 0 Å². The van der Waals surface area contributed by atoms with E-state index >= 15 is 0 Å². The fraction of sp³-hybridized carbons (Fsp3) is 0.364. The summed E-state index contributed by atoms with van der Waals surface area (Å²) in [5.41, 5.74) is 5.48. The number of Topliss-reactive ketones (excluding diaryl/α,β-unsaturated/α-hetero) is 1. The van der Waals surface area contributed by atoms with E-state index in [4.69, 9.17) is 5.73 Å². The first kappa shape index (κ1) is 10.9. The molecular formula is C11H14FNO. The van der Waals surface area contributed by atoms with Crippen LogP contribution in [-0.2, 0) is 0 Å². The Bertz CT molecular complexity index is 312. The molecule has 3 heteroatoms. The van der Waals surface area contributed by atoms with Crippen LogP contribution in [0.4, 0.5) is 4.39 Å². The third kappa shape index (κ3) is 2.92. The Hall–Kier alpha value is -1.22. The molecule has 0 saturated heterocycles. The molecule has 0 fully saturated rings. The Labute approximate surface area is 82.9 Å². The van der Waals surface area contributed by atoms with E-state index in [0.717, 1.165) is 12.8 Å². The van der Waals surface area contributed by atoms with Crippen molar-refractivity contribution in [1.82, 2.24) is 0 Å². The first-order chi connectivity index (χ1) is 6.75. The minimum Gasteiger partial charge on any atom is -0.330 e. The zero-order valence-corrected chi connectivity index (χ0v) is 8.00. The topological polar surface area (TPSA) is 43.1 Å². The Balaban J connectivity index is 2.56. The normalized spacial score (nSPS) is 10.1. The average Bonchev–Trinajstić information content (AvgIpc) is 2.18. The van der Waals surface area contributed by atoms with Crippen molar-refractivity contribution in [2.45, 2.75) is 19.3 Å². The summed E-state index contributed by atoms with van der Waals surface area (Å²) in [7, 11) is 0. The monoisotopic (exact) mass is 195 g/mol. The smallest absolute Gasteiger partial charge is 0.165 e. The fourth-order valence-corrected chi connectivity index (χ4v) is 1.25. The predicted octanol–water partition coefficient (Wildman–Crippen LogP) is 2.14. The maximum atomic E-state index is 13.1. The molecule has 0 amide bonds. The van der Waals surface area contributed by atoms with Gasteiger partial charge in [-0.25, -0.2) is 4.39 Å². The van der Waals surface area contributed by atoms with Crippen molar-refractivity contribution in [3.8, 4) is 0 Å². The molecule has 1 aromatic carbocycles. The van der Waals surface area contributed by atoms with Crippen molar-refractivity contribution >= 4 is 5.78 Å². The van der Waals surface area contributed by atoms with E-state index in [2.05, 4.69) is 0 Å². The van der Waals surface area contributed by atoms with Crippen molar-refractivity contribution in [3.63, 3.8) is 0 Å². The standard InChI is InChI=1S/C11H14FNO/c12-10-6-2-1-5-9(10)11(14)7-3-4-8-13/h1-2,5-6H,3-4,7-8,13H2. The lowest BCUT2D eigenvalue weighted by atomic mass is 10.1. The maximum absolute atomic E-state index is 13.1. The molecule has 14 heavy (non-hydrogen) atoms. The van der Waals surface area contributed by atoms with Crippen molar-refractivity contribution in [2.75, 3.05) is 6.54 Å². The number of benzene rings is 1. The summed E-state index contributed by atoms with van der Waals surface area (Å²) in [6.07, 6.45) is 1.90. The number of hydrogen-bond acceptors (Lipinski definition) is 2. The van der Waals surface area contributed by atoms with Crippen LogP contribution in [0, 0.1) is 5.82 Å². The van der Waals surface area contributed by atoms with E-state index in [1.165, 1.54) is 12.1 Å². The molecule has 0 aliphatic carbocycles. The molecule has 0 aliphatic rings. The predicted molar refractivity (Wildman–Crippen MR) is 53.6 cm³/mol. The molecule has 0 radical (unpaired) electrons. The van der Waals surface area contributed by atoms with Crippen molar-refractivity contribution in [3.05, 3.63) is 35.6 Å². The summed E-state index contributed by atoms with van der Waals surface area (Å²) in [5, 5.41) is 0. The number of carbonyl (C=O) groups is 1. The lowest BCUT2D eigenvalue weighted by Gasteiger charge is -2.01. The van der Waals surface area contributed by atoms with Crippen LogP contribution in [0.15, 0.2) is 24.3 Å². The minimum absolute atomic E-state index is 0.142. The van der Waals surface area contributed by atoms with Gasteiger partial charge in [-0.1, -0.05) is 12.1 Å². The van der Waals surface area contributed by atoms with Crippen LogP contribution < -0.4 is 5.73 Å². The average molecular weight is 195 g/mol. The van der Waals surface area contributed by atoms with Gasteiger partial charge in [0, 0.05) is 6.42 Å². The number of carbonyl (C=O) groups excluding carboxylic acids is 1. The Morgan fingerprint density at radius 1 is 1.29 bits per heavy atom. The van der Waals surface area contributed by atoms with Gasteiger partial charge in [0.15, 0.2) is 5.78 Å². The van der Waals surface area contributed by atoms with E-state index in [-0.39, 0.29) is 11.3 Å². The third-order valence-corrected chi connectivity index (χ3v) is 2.03. The highest BCUT2D eigenvalue weighted by Crippen LogP contribution is 2.10. The van der Waals surface area contributed by atoms with E-state index in [1.807, 2.05) is 0 Å². The molecule has 76 valence electrons. The highest BCUT2D eigenvalue weighted by molar-refractivity contribution is 5.96. The summed E-state index contributed by atoms with van der Waals surface area (Å²) >= 11 is 0. The molecule has 0 atom stereocenters. The summed E-state index contributed by atoms with van der Waals surface area (Å²) in [6.45, 7) is 0.574. The van der Waals surface area contributed by atoms with Crippen LogP contribution in [0.25, 0.3) is 0 Å². The number of nitrogens with two attached hydrogens (primary N) is 1. The first-order valence-corrected chi connectivity index (χ1v) is 4.73. The van der Waals surface area contributed by atoms with Gasteiger partial charge in [-0.3, -0.25) is 4.79 Å². The molecule has 0 saturated carbocycles. The zero-order chi connectivity index (χ0) is 10.4. The van der Waals surface area contributed by atoms with Crippen LogP contribution in [0.3, 0.4) is 0 Å². The van der Waals surface area contributed by atoms with Gasteiger partial charge in [0.05, 0.1) is 5.56 Å². The summed E-state index contributed by atoms with van der Waals surface area (Å²) < 4.78 is 13.1. The Morgan fingerprint density at radius 3 is 2.64 bits per heavy atom. The van der Waals surface area contributed by atoms with E-state index in [0.29, 0.717) is 13.0 Å². The number of ketones is 1. The summed E-state index contributed by atoms with van der Waals surface area (Å²) in [5.74, 6) is -0.582. The molecule has 1 rings (SSSR count). The molecule has 2 N–H and O–H groups in total. The number of rotatable bonds is 5. The molecule has 0 heterocycles. The molecular weight excluding hydrogens is 181 g/mol. The van der Waals surface area contributed by atoms with Gasteiger partial charge < -0.3 is 5.73 Å². The minimum atomic E-state index is -0.440. The molecule has 0 aliphatic heterocycles. The van der Waals surface area contributed by atoms with Gasteiger partial charge in [-0.05, 0) is 31.5 Å². The molecule has 0 spiro atoms. The van der Waals surface area contributed by atoms with Crippen molar-refractivity contribution < 1.29 is 9.18 Å². The van der Waals surface area contributed by atoms with Gasteiger partial charge in [0.25, 0.3) is 0 Å². The third-order valence-electron chi connectivity index (χ3n) is 2.03. The molecule has 0 bridgehead atoms. The fourth-order valence-electron chi connectivity index (χ4n) is 1.25. The number of hydrogen-bond donors (Lipinski definition) is 1. The summed E-state index contributed by atoms with van der Waals surface area (Å²) in [6, 6.07) is 6.06. The zero-order valence-electron chi connectivity index (χ0n) is 8.00.